The third-order valence-corrected chi connectivity index (χ3v) is 4.35. The fourth-order valence-corrected chi connectivity index (χ4v) is 2.80. The maximum atomic E-state index is 12.2. The lowest BCUT2D eigenvalue weighted by atomic mass is 10.1. The van der Waals surface area contributed by atoms with Gasteiger partial charge in [0, 0.05) is 17.3 Å². The maximum Gasteiger partial charge on any atom is 0.274 e. The van der Waals surface area contributed by atoms with Crippen molar-refractivity contribution >= 4 is 23.6 Å². The van der Waals surface area contributed by atoms with E-state index in [4.69, 9.17) is 14.7 Å². The lowest BCUT2D eigenvalue weighted by molar-refractivity contribution is -0.111. The molecule has 0 aliphatic carbocycles. The monoisotopic (exact) mass is 418 g/mol. The Hall–Kier alpha value is -4.10. The summed E-state index contributed by atoms with van der Waals surface area (Å²) in [5.74, 6) is 0.131. The van der Waals surface area contributed by atoms with Crippen LogP contribution >= 0.6 is 0 Å². The SMILES string of the molecule is COc1cc(/C=C/C(=O)Nc2cccc(C(=O)NO)c2)ccc1OCc1ccccc1. The van der Waals surface area contributed by atoms with Crippen molar-refractivity contribution in [3.05, 3.63) is 95.6 Å². The summed E-state index contributed by atoms with van der Waals surface area (Å²) in [6, 6.07) is 21.4. The quantitative estimate of drug-likeness (QED) is 0.291. The highest BCUT2D eigenvalue weighted by Crippen LogP contribution is 2.29. The zero-order chi connectivity index (χ0) is 22.1. The van der Waals surface area contributed by atoms with E-state index in [1.807, 2.05) is 36.4 Å². The Labute approximate surface area is 179 Å². The highest BCUT2D eigenvalue weighted by molar-refractivity contribution is 6.03. The first-order valence-electron chi connectivity index (χ1n) is 9.47. The van der Waals surface area contributed by atoms with Crippen molar-refractivity contribution in [3.8, 4) is 11.5 Å². The number of hydrogen-bond donors (Lipinski definition) is 3. The molecule has 0 radical (unpaired) electrons. The fourth-order valence-electron chi connectivity index (χ4n) is 2.80. The van der Waals surface area contributed by atoms with Gasteiger partial charge < -0.3 is 14.8 Å². The van der Waals surface area contributed by atoms with Crippen molar-refractivity contribution in [3.63, 3.8) is 0 Å². The molecule has 3 rings (SSSR count). The first kappa shape index (κ1) is 21.6. The largest absolute Gasteiger partial charge is 0.493 e. The zero-order valence-corrected chi connectivity index (χ0v) is 16.9. The number of methoxy groups -OCH3 is 1. The van der Waals surface area contributed by atoms with Gasteiger partial charge in [0.25, 0.3) is 5.91 Å². The van der Waals surface area contributed by atoms with Crippen LogP contribution in [0.25, 0.3) is 6.08 Å². The third kappa shape index (κ3) is 6.19. The van der Waals surface area contributed by atoms with E-state index in [1.165, 1.54) is 18.2 Å². The summed E-state index contributed by atoms with van der Waals surface area (Å²) in [7, 11) is 1.56. The topological polar surface area (TPSA) is 96.9 Å². The minimum absolute atomic E-state index is 0.222. The molecule has 31 heavy (non-hydrogen) atoms. The van der Waals surface area contributed by atoms with Crippen LogP contribution in [0.4, 0.5) is 5.69 Å². The molecule has 3 aromatic rings. The van der Waals surface area contributed by atoms with Crippen molar-refractivity contribution < 1.29 is 24.3 Å². The van der Waals surface area contributed by atoms with Crippen LogP contribution in [0.5, 0.6) is 11.5 Å². The molecule has 0 aliphatic heterocycles. The van der Waals surface area contributed by atoms with E-state index in [1.54, 1.807) is 42.9 Å². The Bertz CT molecular complexity index is 1080. The molecule has 0 fully saturated rings. The number of hydrogen-bond acceptors (Lipinski definition) is 5. The second-order valence-electron chi connectivity index (χ2n) is 6.53. The normalized spacial score (nSPS) is 10.5. The number of hydroxylamine groups is 1. The summed E-state index contributed by atoms with van der Waals surface area (Å²) in [6.07, 6.45) is 3.02. The van der Waals surface area contributed by atoms with Gasteiger partial charge in [0.15, 0.2) is 11.5 Å². The standard InChI is InChI=1S/C24H22N2O5/c1-30-22-14-17(10-12-21(22)31-16-18-6-3-2-4-7-18)11-13-23(27)25-20-9-5-8-19(15-20)24(28)26-29/h2-15,29H,16H2,1H3,(H,25,27)(H,26,28)/b13-11+. The summed E-state index contributed by atoms with van der Waals surface area (Å²) < 4.78 is 11.2. The van der Waals surface area contributed by atoms with E-state index in [2.05, 4.69) is 5.32 Å². The van der Waals surface area contributed by atoms with Gasteiger partial charge in [0.2, 0.25) is 5.91 Å². The van der Waals surface area contributed by atoms with Crippen molar-refractivity contribution in [1.82, 2.24) is 5.48 Å². The molecule has 0 aromatic heterocycles. The Morgan fingerprint density at radius 1 is 0.968 bits per heavy atom. The van der Waals surface area contributed by atoms with Crippen molar-refractivity contribution in [1.29, 1.82) is 0 Å². The van der Waals surface area contributed by atoms with Gasteiger partial charge in [0.05, 0.1) is 7.11 Å². The zero-order valence-electron chi connectivity index (χ0n) is 16.9. The van der Waals surface area contributed by atoms with E-state index in [-0.39, 0.29) is 11.5 Å². The number of benzene rings is 3. The number of anilines is 1. The molecular weight excluding hydrogens is 396 g/mol. The van der Waals surface area contributed by atoms with E-state index in [0.29, 0.717) is 23.8 Å². The molecule has 0 unspecified atom stereocenters. The van der Waals surface area contributed by atoms with Gasteiger partial charge in [-0.25, -0.2) is 5.48 Å². The number of amides is 2. The Balaban J connectivity index is 1.63. The predicted molar refractivity (Wildman–Crippen MR) is 117 cm³/mol. The summed E-state index contributed by atoms with van der Waals surface area (Å²) in [4.78, 5) is 23.7. The number of rotatable bonds is 8. The number of carbonyl (C=O) groups is 2. The van der Waals surface area contributed by atoms with Crippen molar-refractivity contribution in [2.75, 3.05) is 12.4 Å². The Morgan fingerprint density at radius 2 is 1.77 bits per heavy atom. The maximum absolute atomic E-state index is 12.2. The molecule has 0 spiro atoms. The van der Waals surface area contributed by atoms with Gasteiger partial charge in [-0.15, -0.1) is 0 Å². The minimum atomic E-state index is -0.659. The van der Waals surface area contributed by atoms with Crippen molar-refractivity contribution in [2.45, 2.75) is 6.61 Å². The summed E-state index contributed by atoms with van der Waals surface area (Å²) in [6.45, 7) is 0.419. The Morgan fingerprint density at radius 3 is 2.52 bits per heavy atom. The first-order chi connectivity index (χ1) is 15.1. The Kier molecular flexibility index (Phi) is 7.40. The lowest BCUT2D eigenvalue weighted by Gasteiger charge is -2.11. The highest BCUT2D eigenvalue weighted by atomic mass is 16.5. The molecule has 158 valence electrons. The summed E-state index contributed by atoms with van der Waals surface area (Å²) >= 11 is 0. The summed E-state index contributed by atoms with van der Waals surface area (Å²) in [5.41, 5.74) is 4.01. The van der Waals surface area contributed by atoms with Gasteiger partial charge in [-0.2, -0.15) is 0 Å². The average molecular weight is 418 g/mol. The molecule has 3 aromatic carbocycles. The molecule has 0 saturated carbocycles. The fraction of sp³-hybridized carbons (Fsp3) is 0.0833. The van der Waals surface area contributed by atoms with E-state index in [9.17, 15) is 9.59 Å². The molecule has 7 nitrogen and oxygen atoms in total. The van der Waals surface area contributed by atoms with Crippen LogP contribution in [0.15, 0.2) is 78.9 Å². The molecule has 0 saturated heterocycles. The van der Waals surface area contributed by atoms with Crippen LogP contribution in [0, 0.1) is 0 Å². The number of ether oxygens (including phenoxy) is 2. The smallest absolute Gasteiger partial charge is 0.274 e. The number of carbonyl (C=O) groups excluding carboxylic acids is 2. The highest BCUT2D eigenvalue weighted by Gasteiger charge is 2.07. The van der Waals surface area contributed by atoms with Gasteiger partial charge in [-0.3, -0.25) is 14.8 Å². The molecule has 0 aliphatic rings. The lowest BCUT2D eigenvalue weighted by Crippen LogP contribution is -2.18. The number of nitrogens with one attached hydrogen (secondary N) is 2. The molecular formula is C24H22N2O5. The van der Waals surface area contributed by atoms with Crippen LogP contribution in [0.2, 0.25) is 0 Å². The van der Waals surface area contributed by atoms with Crippen LogP contribution in [-0.2, 0) is 11.4 Å². The molecule has 0 atom stereocenters. The van der Waals surface area contributed by atoms with Gasteiger partial charge in [-0.05, 0) is 47.5 Å². The second kappa shape index (κ2) is 10.6. The van der Waals surface area contributed by atoms with Gasteiger partial charge >= 0.3 is 0 Å². The van der Waals surface area contributed by atoms with Crippen LogP contribution in [-0.4, -0.2) is 24.1 Å². The van der Waals surface area contributed by atoms with Gasteiger partial charge in [0.1, 0.15) is 6.61 Å². The van der Waals surface area contributed by atoms with E-state index < -0.39 is 5.91 Å². The molecule has 7 heteroatoms. The second-order valence-corrected chi connectivity index (χ2v) is 6.53. The molecule has 0 bridgehead atoms. The van der Waals surface area contributed by atoms with Gasteiger partial charge in [-0.1, -0.05) is 42.5 Å². The first-order valence-corrected chi connectivity index (χ1v) is 9.47. The predicted octanol–water partition coefficient (Wildman–Crippen LogP) is 4.05. The molecule has 2 amide bonds. The summed E-state index contributed by atoms with van der Waals surface area (Å²) in [5, 5.41) is 11.4. The average Bonchev–Trinajstić information content (AvgIpc) is 2.82. The molecule has 3 N–H and O–H groups in total. The van der Waals surface area contributed by atoms with E-state index >= 15 is 0 Å². The van der Waals surface area contributed by atoms with Crippen LogP contribution in [0.3, 0.4) is 0 Å². The van der Waals surface area contributed by atoms with E-state index in [0.717, 1.165) is 11.1 Å². The molecule has 0 heterocycles. The minimum Gasteiger partial charge on any atom is -0.493 e. The van der Waals surface area contributed by atoms with Crippen LogP contribution < -0.4 is 20.3 Å². The van der Waals surface area contributed by atoms with Crippen LogP contribution in [0.1, 0.15) is 21.5 Å². The van der Waals surface area contributed by atoms with Crippen molar-refractivity contribution in [2.24, 2.45) is 0 Å². The third-order valence-electron chi connectivity index (χ3n) is 4.35.